The number of nitrogens with zero attached hydrogens (tertiary/aromatic N) is 1. The molecule has 1 rings (SSSR count). The molecule has 0 aliphatic rings. The smallest absolute Gasteiger partial charge is 0.0589 e. The third-order valence-electron chi connectivity index (χ3n) is 2.66. The maximum Gasteiger partial charge on any atom is 0.0589 e. The Balaban J connectivity index is 2.20. The predicted molar refractivity (Wildman–Crippen MR) is 77.8 cm³/mol. The van der Waals surface area contributed by atoms with Crippen LogP contribution in [0.2, 0.25) is 0 Å². The highest BCUT2D eigenvalue weighted by Gasteiger charge is 2.09. The molecule has 17 heavy (non-hydrogen) atoms. The van der Waals surface area contributed by atoms with Gasteiger partial charge in [0.2, 0.25) is 0 Å². The van der Waals surface area contributed by atoms with Gasteiger partial charge in [-0.25, -0.2) is 0 Å². The maximum atomic E-state index is 5.05. The molecule has 0 bridgehead atoms. The summed E-state index contributed by atoms with van der Waals surface area (Å²) in [5, 5.41) is 5.64. The SMILES string of the molecule is COCCN(C)CCNC(C)c1sccc1Br. The average molecular weight is 321 g/mol. The number of thiophene rings is 1. The lowest BCUT2D eigenvalue weighted by Crippen LogP contribution is -2.32. The van der Waals surface area contributed by atoms with Crippen LogP contribution in [0.1, 0.15) is 17.8 Å². The predicted octanol–water partition coefficient (Wildman–Crippen LogP) is 2.74. The van der Waals surface area contributed by atoms with Gasteiger partial charge >= 0.3 is 0 Å². The van der Waals surface area contributed by atoms with Gasteiger partial charge in [-0.2, -0.15) is 0 Å². The van der Waals surface area contributed by atoms with E-state index in [1.165, 1.54) is 9.35 Å². The van der Waals surface area contributed by atoms with Gasteiger partial charge in [-0.1, -0.05) is 0 Å². The highest BCUT2D eigenvalue weighted by atomic mass is 79.9. The van der Waals surface area contributed by atoms with Gasteiger partial charge in [-0.15, -0.1) is 11.3 Å². The summed E-state index contributed by atoms with van der Waals surface area (Å²) in [5.74, 6) is 0. The van der Waals surface area contributed by atoms with Gasteiger partial charge in [0.25, 0.3) is 0 Å². The molecule has 3 nitrogen and oxygen atoms in total. The topological polar surface area (TPSA) is 24.5 Å². The molecule has 1 N–H and O–H groups in total. The Morgan fingerprint density at radius 2 is 2.29 bits per heavy atom. The Bertz CT molecular complexity index is 319. The first-order valence-corrected chi connectivity index (χ1v) is 7.46. The van der Waals surface area contributed by atoms with E-state index in [1.54, 1.807) is 18.4 Å². The van der Waals surface area contributed by atoms with Crippen LogP contribution < -0.4 is 5.32 Å². The van der Waals surface area contributed by atoms with Crippen LogP contribution >= 0.6 is 27.3 Å². The molecule has 0 saturated carbocycles. The second-order valence-corrected chi connectivity index (χ2v) is 5.91. The molecular weight excluding hydrogens is 300 g/mol. The molecule has 1 aromatic rings. The summed E-state index contributed by atoms with van der Waals surface area (Å²) in [7, 11) is 3.86. The van der Waals surface area contributed by atoms with Crippen LogP contribution in [0.15, 0.2) is 15.9 Å². The number of hydrogen-bond acceptors (Lipinski definition) is 4. The lowest BCUT2D eigenvalue weighted by molar-refractivity contribution is 0.161. The number of halogens is 1. The molecule has 0 aromatic carbocycles. The van der Waals surface area contributed by atoms with E-state index < -0.39 is 0 Å². The Labute approximate surface area is 116 Å². The quantitative estimate of drug-likeness (QED) is 0.797. The molecule has 1 heterocycles. The Kier molecular flexibility index (Phi) is 7.30. The van der Waals surface area contributed by atoms with E-state index in [2.05, 4.69) is 51.6 Å². The van der Waals surface area contributed by atoms with Crippen molar-refractivity contribution in [1.29, 1.82) is 0 Å². The Hall–Kier alpha value is 0.0600. The summed E-state index contributed by atoms with van der Waals surface area (Å²) in [6, 6.07) is 2.50. The van der Waals surface area contributed by atoms with Gasteiger partial charge in [0, 0.05) is 42.1 Å². The van der Waals surface area contributed by atoms with Crippen LogP contribution in [0.25, 0.3) is 0 Å². The maximum absolute atomic E-state index is 5.05. The standard InChI is InChI=1S/C12H21BrN2OS/c1-10(12-11(13)4-9-17-12)14-5-6-15(2)7-8-16-3/h4,9-10,14H,5-8H2,1-3H3. The molecule has 0 saturated heterocycles. The Morgan fingerprint density at radius 1 is 1.53 bits per heavy atom. The van der Waals surface area contributed by atoms with E-state index in [-0.39, 0.29) is 0 Å². The molecule has 0 aliphatic heterocycles. The summed E-state index contributed by atoms with van der Waals surface area (Å²) in [5.41, 5.74) is 0. The van der Waals surface area contributed by atoms with Gasteiger partial charge in [0.05, 0.1) is 6.61 Å². The fourth-order valence-electron chi connectivity index (χ4n) is 1.54. The average Bonchev–Trinajstić information content (AvgIpc) is 2.72. The number of methoxy groups -OCH3 is 1. The Morgan fingerprint density at radius 3 is 2.88 bits per heavy atom. The van der Waals surface area contributed by atoms with Crippen molar-refractivity contribution in [2.24, 2.45) is 0 Å². The second-order valence-electron chi connectivity index (χ2n) is 4.10. The van der Waals surface area contributed by atoms with Crippen molar-refractivity contribution >= 4 is 27.3 Å². The summed E-state index contributed by atoms with van der Waals surface area (Å²) >= 11 is 5.35. The van der Waals surface area contributed by atoms with E-state index >= 15 is 0 Å². The van der Waals surface area contributed by atoms with E-state index in [1.807, 2.05) is 0 Å². The normalized spacial score (nSPS) is 13.2. The lowest BCUT2D eigenvalue weighted by atomic mass is 10.3. The van der Waals surface area contributed by atoms with Crippen molar-refractivity contribution < 1.29 is 4.74 Å². The van der Waals surface area contributed by atoms with E-state index in [0.29, 0.717) is 6.04 Å². The minimum atomic E-state index is 0.403. The number of rotatable bonds is 8. The van der Waals surface area contributed by atoms with Crippen molar-refractivity contribution in [3.63, 3.8) is 0 Å². The van der Waals surface area contributed by atoms with Crippen LogP contribution in [0.4, 0.5) is 0 Å². The second kappa shape index (κ2) is 8.21. The fourth-order valence-corrected chi connectivity index (χ4v) is 3.29. The van der Waals surface area contributed by atoms with Crippen LogP contribution in [0, 0.1) is 0 Å². The highest BCUT2D eigenvalue weighted by molar-refractivity contribution is 9.10. The summed E-state index contributed by atoms with van der Waals surface area (Å²) in [6.45, 7) is 6.01. The molecule has 1 unspecified atom stereocenters. The monoisotopic (exact) mass is 320 g/mol. The van der Waals surface area contributed by atoms with Crippen LogP contribution in [-0.4, -0.2) is 45.3 Å². The van der Waals surface area contributed by atoms with Crippen molar-refractivity contribution in [3.05, 3.63) is 20.8 Å². The minimum Gasteiger partial charge on any atom is -0.383 e. The number of ether oxygens (including phenoxy) is 1. The zero-order chi connectivity index (χ0) is 12.7. The summed E-state index contributed by atoms with van der Waals surface area (Å²) in [6.07, 6.45) is 0. The zero-order valence-electron chi connectivity index (χ0n) is 10.7. The van der Waals surface area contributed by atoms with Crippen LogP contribution in [-0.2, 0) is 4.74 Å². The molecule has 0 radical (unpaired) electrons. The van der Waals surface area contributed by atoms with Gasteiger partial charge in [-0.05, 0) is 41.3 Å². The molecule has 0 amide bonds. The van der Waals surface area contributed by atoms with Crippen molar-refractivity contribution in [1.82, 2.24) is 10.2 Å². The van der Waals surface area contributed by atoms with E-state index in [9.17, 15) is 0 Å². The third-order valence-corrected chi connectivity index (χ3v) is 4.71. The number of nitrogens with one attached hydrogen (secondary N) is 1. The number of likely N-dealkylation sites (N-methyl/N-ethyl adjacent to an activating group) is 1. The van der Waals surface area contributed by atoms with Crippen molar-refractivity contribution in [2.45, 2.75) is 13.0 Å². The lowest BCUT2D eigenvalue weighted by Gasteiger charge is -2.18. The fraction of sp³-hybridized carbons (Fsp3) is 0.667. The summed E-state index contributed by atoms with van der Waals surface area (Å²) in [4.78, 5) is 3.64. The van der Waals surface area contributed by atoms with Gasteiger partial charge in [0.1, 0.15) is 0 Å². The highest BCUT2D eigenvalue weighted by Crippen LogP contribution is 2.28. The molecule has 5 heteroatoms. The van der Waals surface area contributed by atoms with Gasteiger partial charge in [0.15, 0.2) is 0 Å². The largest absolute Gasteiger partial charge is 0.383 e. The minimum absolute atomic E-state index is 0.403. The first kappa shape index (κ1) is 15.1. The number of hydrogen-bond donors (Lipinski definition) is 1. The molecule has 0 spiro atoms. The first-order chi connectivity index (χ1) is 8.15. The van der Waals surface area contributed by atoms with Crippen LogP contribution in [0.5, 0.6) is 0 Å². The first-order valence-electron chi connectivity index (χ1n) is 5.79. The molecular formula is C12H21BrN2OS. The van der Waals surface area contributed by atoms with E-state index in [4.69, 9.17) is 4.74 Å². The van der Waals surface area contributed by atoms with Crippen molar-refractivity contribution in [3.8, 4) is 0 Å². The summed E-state index contributed by atoms with van der Waals surface area (Å²) < 4.78 is 6.25. The van der Waals surface area contributed by atoms with Gasteiger partial charge < -0.3 is 15.0 Å². The van der Waals surface area contributed by atoms with Crippen molar-refractivity contribution in [2.75, 3.05) is 40.4 Å². The molecule has 1 aromatic heterocycles. The molecule has 0 aliphatic carbocycles. The zero-order valence-corrected chi connectivity index (χ0v) is 13.1. The van der Waals surface area contributed by atoms with Crippen LogP contribution in [0.3, 0.4) is 0 Å². The molecule has 0 fully saturated rings. The third kappa shape index (κ3) is 5.48. The van der Waals surface area contributed by atoms with E-state index in [0.717, 1.165) is 26.2 Å². The molecule has 98 valence electrons. The van der Waals surface area contributed by atoms with Gasteiger partial charge in [-0.3, -0.25) is 0 Å². The molecule has 1 atom stereocenters.